The molecule has 5 heteroatoms. The third-order valence-corrected chi connectivity index (χ3v) is 6.16. The van der Waals surface area contributed by atoms with Gasteiger partial charge in [0.2, 0.25) is 5.91 Å². The van der Waals surface area contributed by atoms with E-state index in [4.69, 9.17) is 4.74 Å². The molecule has 3 amide bonds. The van der Waals surface area contributed by atoms with Gasteiger partial charge in [-0.15, -0.1) is 0 Å². The van der Waals surface area contributed by atoms with E-state index in [0.717, 1.165) is 25.0 Å². The van der Waals surface area contributed by atoms with Gasteiger partial charge < -0.3 is 10.1 Å². The monoisotopic (exact) mass is 314 g/mol. The lowest BCUT2D eigenvalue weighted by molar-refractivity contribution is -0.147. The number of nitrogens with zero attached hydrogens (tertiary/aromatic N) is 1. The third-order valence-electron chi connectivity index (χ3n) is 6.16. The SMILES string of the molecule is COc1ccc2c(c1)[C@]1(C)CC[C@H]3NC(=O)N(C)C(=O)[C@@]3(C2)C1. The first-order valence-corrected chi connectivity index (χ1v) is 8.16. The summed E-state index contributed by atoms with van der Waals surface area (Å²) in [7, 11) is 3.26. The molecule has 122 valence electrons. The van der Waals surface area contributed by atoms with Gasteiger partial charge in [0.1, 0.15) is 5.75 Å². The zero-order valence-corrected chi connectivity index (χ0v) is 13.8. The van der Waals surface area contributed by atoms with Gasteiger partial charge in [-0.25, -0.2) is 4.79 Å². The number of urea groups is 1. The van der Waals surface area contributed by atoms with Crippen molar-refractivity contribution in [2.24, 2.45) is 5.41 Å². The average molecular weight is 314 g/mol. The fraction of sp³-hybridized carbons (Fsp3) is 0.556. The van der Waals surface area contributed by atoms with Gasteiger partial charge in [-0.1, -0.05) is 13.0 Å². The molecule has 1 N–H and O–H groups in total. The van der Waals surface area contributed by atoms with Crippen molar-refractivity contribution in [1.29, 1.82) is 0 Å². The van der Waals surface area contributed by atoms with Crippen molar-refractivity contribution in [3.63, 3.8) is 0 Å². The van der Waals surface area contributed by atoms with E-state index >= 15 is 0 Å². The number of benzene rings is 1. The molecule has 0 unspecified atom stereocenters. The lowest BCUT2D eigenvalue weighted by Gasteiger charge is -2.57. The summed E-state index contributed by atoms with van der Waals surface area (Å²) in [6, 6.07) is 5.85. The highest BCUT2D eigenvalue weighted by molar-refractivity contribution is 6.01. The van der Waals surface area contributed by atoms with Crippen molar-refractivity contribution < 1.29 is 14.3 Å². The van der Waals surface area contributed by atoms with Crippen LogP contribution < -0.4 is 10.1 Å². The van der Waals surface area contributed by atoms with E-state index in [1.807, 2.05) is 6.07 Å². The standard InChI is InChI=1S/C18H22N2O3/c1-17-7-6-14-18(10-17,15(21)20(2)16(22)19-14)9-11-4-5-12(23-3)8-13(11)17/h4-5,8,14H,6-7,9-10H2,1-3H3,(H,19,22)/t14-,17-,18+/m1/s1. The van der Waals surface area contributed by atoms with Gasteiger partial charge >= 0.3 is 6.03 Å². The van der Waals surface area contributed by atoms with Crippen LogP contribution in [0, 0.1) is 5.41 Å². The number of hydrogen-bond donors (Lipinski definition) is 1. The average Bonchev–Trinajstić information content (AvgIpc) is 2.54. The van der Waals surface area contributed by atoms with E-state index in [2.05, 4.69) is 24.4 Å². The Balaban J connectivity index is 1.86. The zero-order valence-electron chi connectivity index (χ0n) is 13.8. The van der Waals surface area contributed by atoms with Crippen LogP contribution in [0.2, 0.25) is 0 Å². The summed E-state index contributed by atoms with van der Waals surface area (Å²) in [4.78, 5) is 26.3. The first-order valence-electron chi connectivity index (χ1n) is 8.16. The summed E-state index contributed by atoms with van der Waals surface area (Å²) in [6.45, 7) is 2.24. The third kappa shape index (κ3) is 1.79. The minimum absolute atomic E-state index is 0.0290. The van der Waals surface area contributed by atoms with Gasteiger partial charge in [-0.05, 0) is 54.4 Å². The van der Waals surface area contributed by atoms with Gasteiger partial charge in [-0.3, -0.25) is 9.69 Å². The van der Waals surface area contributed by atoms with E-state index in [-0.39, 0.29) is 23.4 Å². The quantitative estimate of drug-likeness (QED) is 0.865. The lowest BCUT2D eigenvalue weighted by Crippen LogP contribution is -2.69. The Hall–Kier alpha value is -2.04. The normalized spacial score (nSPS) is 35.3. The molecule has 1 saturated carbocycles. The predicted molar refractivity (Wildman–Crippen MR) is 85.4 cm³/mol. The van der Waals surface area contributed by atoms with Crippen LogP contribution in [0.5, 0.6) is 5.75 Å². The van der Waals surface area contributed by atoms with E-state index in [0.29, 0.717) is 6.42 Å². The Morgan fingerprint density at radius 3 is 2.87 bits per heavy atom. The highest BCUT2D eigenvalue weighted by atomic mass is 16.5. The number of amides is 3. The molecule has 4 rings (SSSR count). The topological polar surface area (TPSA) is 58.6 Å². The number of methoxy groups -OCH3 is 1. The summed E-state index contributed by atoms with van der Waals surface area (Å²) in [5.41, 5.74) is 1.96. The fourth-order valence-electron chi connectivity index (χ4n) is 4.98. The maximum atomic E-state index is 13.0. The molecule has 5 nitrogen and oxygen atoms in total. The Labute approximate surface area is 136 Å². The molecule has 1 saturated heterocycles. The summed E-state index contributed by atoms with van der Waals surface area (Å²) < 4.78 is 5.39. The molecule has 2 bridgehead atoms. The molecule has 1 aliphatic heterocycles. The molecule has 0 radical (unpaired) electrons. The van der Waals surface area contributed by atoms with Crippen LogP contribution in [0.4, 0.5) is 4.79 Å². The van der Waals surface area contributed by atoms with Gasteiger partial charge in [0, 0.05) is 13.1 Å². The number of hydrogen-bond acceptors (Lipinski definition) is 3. The lowest BCUT2D eigenvalue weighted by atomic mass is 9.51. The van der Waals surface area contributed by atoms with Crippen molar-refractivity contribution >= 4 is 11.9 Å². The number of ether oxygens (including phenoxy) is 1. The zero-order chi connectivity index (χ0) is 16.4. The molecule has 1 spiro atoms. The van der Waals surface area contributed by atoms with Crippen molar-refractivity contribution in [3.8, 4) is 5.75 Å². The first kappa shape index (κ1) is 14.5. The predicted octanol–water partition coefficient (Wildman–Crippen LogP) is 2.23. The van der Waals surface area contributed by atoms with Crippen LogP contribution in [-0.2, 0) is 16.6 Å². The summed E-state index contributed by atoms with van der Waals surface area (Å²) in [5, 5.41) is 3.06. The smallest absolute Gasteiger partial charge is 0.324 e. The molecule has 0 aromatic heterocycles. The van der Waals surface area contributed by atoms with Crippen LogP contribution in [0.1, 0.15) is 37.3 Å². The Morgan fingerprint density at radius 2 is 2.13 bits per heavy atom. The van der Waals surface area contributed by atoms with E-state index in [1.165, 1.54) is 16.0 Å². The van der Waals surface area contributed by atoms with E-state index in [9.17, 15) is 9.59 Å². The highest BCUT2D eigenvalue weighted by Crippen LogP contribution is 2.56. The molecule has 1 aromatic carbocycles. The molecule has 1 heterocycles. The first-order chi connectivity index (χ1) is 10.9. The van der Waals surface area contributed by atoms with Crippen molar-refractivity contribution in [2.45, 2.75) is 44.1 Å². The second kappa shape index (κ2) is 4.49. The van der Waals surface area contributed by atoms with E-state index < -0.39 is 5.41 Å². The molecule has 3 atom stereocenters. The summed E-state index contributed by atoms with van der Waals surface area (Å²) in [6.07, 6.45) is 3.29. The van der Waals surface area contributed by atoms with Crippen LogP contribution >= 0.6 is 0 Å². The second-order valence-corrected chi connectivity index (χ2v) is 7.50. The van der Waals surface area contributed by atoms with Gasteiger partial charge in [-0.2, -0.15) is 0 Å². The molecular weight excluding hydrogens is 292 g/mol. The van der Waals surface area contributed by atoms with E-state index in [1.54, 1.807) is 14.2 Å². The molecular formula is C18H22N2O3. The Kier molecular flexibility index (Phi) is 2.84. The Morgan fingerprint density at radius 1 is 1.35 bits per heavy atom. The van der Waals surface area contributed by atoms with Crippen LogP contribution in [0.15, 0.2) is 18.2 Å². The van der Waals surface area contributed by atoms with Crippen molar-refractivity contribution in [1.82, 2.24) is 10.2 Å². The van der Waals surface area contributed by atoms with Crippen LogP contribution in [0.3, 0.4) is 0 Å². The maximum Gasteiger partial charge on any atom is 0.324 e. The number of imide groups is 1. The van der Waals surface area contributed by atoms with Crippen molar-refractivity contribution in [2.75, 3.05) is 14.2 Å². The largest absolute Gasteiger partial charge is 0.497 e. The molecule has 1 aromatic rings. The number of carbonyl (C=O) groups is 2. The van der Waals surface area contributed by atoms with Gasteiger partial charge in [0.15, 0.2) is 0 Å². The highest BCUT2D eigenvalue weighted by Gasteiger charge is 2.60. The molecule has 23 heavy (non-hydrogen) atoms. The second-order valence-electron chi connectivity index (χ2n) is 7.50. The van der Waals surface area contributed by atoms with Gasteiger partial charge in [0.05, 0.1) is 12.5 Å². The number of carbonyl (C=O) groups excluding carboxylic acids is 2. The molecule has 2 fully saturated rings. The summed E-state index contributed by atoms with van der Waals surface area (Å²) in [5.74, 6) is 0.835. The number of fused-ring (bicyclic) bond motifs is 3. The maximum absolute atomic E-state index is 13.0. The van der Waals surface area contributed by atoms with Crippen LogP contribution in [0.25, 0.3) is 0 Å². The molecule has 2 aliphatic carbocycles. The fourth-order valence-corrected chi connectivity index (χ4v) is 4.98. The minimum atomic E-state index is -0.503. The minimum Gasteiger partial charge on any atom is -0.497 e. The number of rotatable bonds is 1. The number of nitrogens with one attached hydrogen (secondary N) is 1. The van der Waals surface area contributed by atoms with Crippen molar-refractivity contribution in [3.05, 3.63) is 29.3 Å². The van der Waals surface area contributed by atoms with Crippen LogP contribution in [-0.4, -0.2) is 37.0 Å². The molecule has 3 aliphatic rings. The summed E-state index contributed by atoms with van der Waals surface area (Å²) >= 11 is 0. The van der Waals surface area contributed by atoms with Gasteiger partial charge in [0.25, 0.3) is 0 Å². The Bertz CT molecular complexity index is 716.